The molecule has 0 radical (unpaired) electrons. The summed E-state index contributed by atoms with van der Waals surface area (Å²) in [6, 6.07) is 10.3. The Bertz CT molecular complexity index is 897. The van der Waals surface area contributed by atoms with Crippen molar-refractivity contribution in [1.82, 2.24) is 14.7 Å². The van der Waals surface area contributed by atoms with Crippen LogP contribution in [0.2, 0.25) is 0 Å². The molecule has 0 bridgehead atoms. The maximum atomic E-state index is 12.9. The van der Waals surface area contributed by atoms with Crippen LogP contribution in [0, 0.1) is 5.92 Å². The van der Waals surface area contributed by atoms with E-state index >= 15 is 0 Å². The van der Waals surface area contributed by atoms with E-state index in [9.17, 15) is 8.78 Å². The van der Waals surface area contributed by atoms with Gasteiger partial charge in [-0.25, -0.2) is 8.78 Å². The molecule has 0 spiro atoms. The molecule has 2 aromatic heterocycles. The minimum absolute atomic E-state index is 0.401. The van der Waals surface area contributed by atoms with Crippen LogP contribution < -0.4 is 0 Å². The largest absolute Gasteiger partial charge is 0.368 e. The van der Waals surface area contributed by atoms with Crippen LogP contribution in [0.5, 0.6) is 0 Å². The van der Waals surface area contributed by atoms with Crippen molar-refractivity contribution >= 4 is 10.9 Å². The molecule has 27 heavy (non-hydrogen) atoms. The molecule has 1 fully saturated rings. The van der Waals surface area contributed by atoms with Crippen molar-refractivity contribution in [3.05, 3.63) is 48.2 Å². The minimum Gasteiger partial charge on any atom is -0.368 e. The lowest BCUT2D eigenvalue weighted by molar-refractivity contribution is -0.0910. The molecule has 1 aliphatic rings. The highest BCUT2D eigenvalue weighted by molar-refractivity contribution is 5.79. The molecular formula is C20H23F2N3O2. The van der Waals surface area contributed by atoms with Crippen LogP contribution in [0.3, 0.4) is 0 Å². The van der Waals surface area contributed by atoms with Crippen LogP contribution in [0.4, 0.5) is 8.78 Å². The maximum absolute atomic E-state index is 12.9. The fraction of sp³-hybridized carbons (Fsp3) is 0.500. The predicted octanol–water partition coefficient (Wildman–Crippen LogP) is 4.56. The third kappa shape index (κ3) is 3.48. The number of hydrogen-bond donors (Lipinski definition) is 0. The highest BCUT2D eigenvalue weighted by Gasteiger charge is 2.43. The van der Waals surface area contributed by atoms with Crippen molar-refractivity contribution in [3.63, 3.8) is 0 Å². The van der Waals surface area contributed by atoms with E-state index in [-0.39, 0.29) is 0 Å². The lowest BCUT2D eigenvalue weighted by Gasteiger charge is -2.35. The fourth-order valence-corrected chi connectivity index (χ4v) is 3.96. The van der Waals surface area contributed by atoms with E-state index in [1.165, 1.54) is 10.9 Å². The number of alkyl halides is 2. The molecule has 7 heteroatoms. The molecule has 0 amide bonds. The van der Waals surface area contributed by atoms with E-state index in [0.29, 0.717) is 43.8 Å². The first-order valence-electron chi connectivity index (χ1n) is 9.31. The van der Waals surface area contributed by atoms with Crippen molar-refractivity contribution in [2.75, 3.05) is 7.11 Å². The SMILES string of the molecule is COC1(c2nc(CCn3ccc4ccccc43)no2)CCC(C(F)F)CC1. The second-order valence-electron chi connectivity index (χ2n) is 7.20. The van der Waals surface area contributed by atoms with Gasteiger partial charge >= 0.3 is 0 Å². The first-order valence-corrected chi connectivity index (χ1v) is 9.31. The normalized spacial score (nSPS) is 23.3. The van der Waals surface area contributed by atoms with Gasteiger partial charge in [0.25, 0.3) is 5.89 Å². The topological polar surface area (TPSA) is 53.1 Å². The van der Waals surface area contributed by atoms with E-state index in [1.54, 1.807) is 7.11 Å². The van der Waals surface area contributed by atoms with Gasteiger partial charge in [0.15, 0.2) is 5.82 Å². The van der Waals surface area contributed by atoms with Crippen LogP contribution in [0.15, 0.2) is 41.1 Å². The monoisotopic (exact) mass is 375 g/mol. The zero-order chi connectivity index (χ0) is 18.9. The van der Waals surface area contributed by atoms with Gasteiger partial charge in [0.05, 0.1) is 0 Å². The zero-order valence-electron chi connectivity index (χ0n) is 15.3. The number of fused-ring (bicyclic) bond motifs is 1. The van der Waals surface area contributed by atoms with E-state index in [2.05, 4.69) is 32.9 Å². The number of hydrogen-bond acceptors (Lipinski definition) is 4. The Morgan fingerprint density at radius 2 is 2.04 bits per heavy atom. The summed E-state index contributed by atoms with van der Waals surface area (Å²) in [5, 5.41) is 5.29. The summed E-state index contributed by atoms with van der Waals surface area (Å²) in [5.41, 5.74) is 0.427. The smallest absolute Gasteiger partial charge is 0.258 e. The summed E-state index contributed by atoms with van der Waals surface area (Å²) in [7, 11) is 1.58. The number of para-hydroxylation sites is 1. The third-order valence-corrected chi connectivity index (χ3v) is 5.70. The molecule has 5 nitrogen and oxygen atoms in total. The van der Waals surface area contributed by atoms with Crippen molar-refractivity contribution in [3.8, 4) is 0 Å². The number of nitrogens with zero attached hydrogens (tertiary/aromatic N) is 3. The molecule has 0 saturated heterocycles. The summed E-state index contributed by atoms with van der Waals surface area (Å²) >= 11 is 0. The first-order chi connectivity index (χ1) is 13.1. The van der Waals surface area contributed by atoms with Crippen LogP contribution in [-0.4, -0.2) is 28.2 Å². The molecule has 3 aromatic rings. The van der Waals surface area contributed by atoms with Gasteiger partial charge in [0, 0.05) is 37.7 Å². The Kier molecular flexibility index (Phi) is 4.95. The molecule has 0 unspecified atom stereocenters. The van der Waals surface area contributed by atoms with E-state index in [1.807, 2.05) is 18.3 Å². The van der Waals surface area contributed by atoms with Gasteiger partial charge in [0.2, 0.25) is 6.43 Å². The average molecular weight is 375 g/mol. The highest BCUT2D eigenvalue weighted by Crippen LogP contribution is 2.43. The van der Waals surface area contributed by atoms with E-state index in [4.69, 9.17) is 9.26 Å². The molecule has 4 rings (SSSR count). The van der Waals surface area contributed by atoms with Gasteiger partial charge in [-0.1, -0.05) is 23.4 Å². The summed E-state index contributed by atoms with van der Waals surface area (Å²) in [4.78, 5) is 4.52. The van der Waals surface area contributed by atoms with E-state index in [0.717, 1.165) is 6.54 Å². The summed E-state index contributed by atoms with van der Waals surface area (Å²) < 4.78 is 39.2. The number of rotatable bonds is 6. The number of ether oxygens (including phenoxy) is 1. The molecular weight excluding hydrogens is 352 g/mol. The van der Waals surface area contributed by atoms with Gasteiger partial charge in [0.1, 0.15) is 5.60 Å². The lowest BCUT2D eigenvalue weighted by atomic mass is 9.78. The Morgan fingerprint density at radius 3 is 2.78 bits per heavy atom. The number of halogens is 2. The Balaban J connectivity index is 1.45. The van der Waals surface area contributed by atoms with Crippen molar-refractivity contribution < 1.29 is 18.0 Å². The molecule has 0 N–H and O–H groups in total. The predicted molar refractivity (Wildman–Crippen MR) is 96.6 cm³/mol. The second kappa shape index (κ2) is 7.38. The molecule has 0 atom stereocenters. The number of aromatic nitrogens is 3. The molecule has 1 aromatic carbocycles. The Hall–Kier alpha value is -2.28. The zero-order valence-corrected chi connectivity index (χ0v) is 15.3. The van der Waals surface area contributed by atoms with Crippen molar-refractivity contribution in [2.24, 2.45) is 5.92 Å². The van der Waals surface area contributed by atoms with Crippen molar-refractivity contribution in [2.45, 2.75) is 50.7 Å². The fourth-order valence-electron chi connectivity index (χ4n) is 3.96. The molecule has 1 saturated carbocycles. The second-order valence-corrected chi connectivity index (χ2v) is 7.20. The lowest BCUT2D eigenvalue weighted by Crippen LogP contribution is -2.35. The molecule has 0 aliphatic heterocycles. The summed E-state index contributed by atoms with van der Waals surface area (Å²) in [6.45, 7) is 0.736. The standard InChI is InChI=1S/C20H23F2N3O2/c1-26-20(10-6-15(7-11-20)18(21)22)19-23-17(24-27-19)9-13-25-12-8-14-4-2-3-5-16(14)25/h2-5,8,12,15,18H,6-7,9-11,13H2,1H3. The first kappa shape index (κ1) is 18.1. The number of aryl methyl sites for hydroxylation is 2. The van der Waals surface area contributed by atoms with Gasteiger partial charge in [-0.3, -0.25) is 0 Å². The highest BCUT2D eigenvalue weighted by atomic mass is 19.3. The molecule has 2 heterocycles. The van der Waals surface area contributed by atoms with Gasteiger partial charge in [-0.15, -0.1) is 0 Å². The number of methoxy groups -OCH3 is 1. The minimum atomic E-state index is -2.28. The van der Waals surface area contributed by atoms with Gasteiger partial charge in [-0.05, 0) is 43.2 Å². The summed E-state index contributed by atoms with van der Waals surface area (Å²) in [6.07, 6.45) is 2.15. The van der Waals surface area contributed by atoms with Gasteiger partial charge < -0.3 is 13.8 Å². The maximum Gasteiger partial charge on any atom is 0.258 e. The Morgan fingerprint density at radius 1 is 1.26 bits per heavy atom. The third-order valence-electron chi connectivity index (χ3n) is 5.70. The Labute approximate surface area is 156 Å². The summed E-state index contributed by atoms with van der Waals surface area (Å²) in [5.74, 6) is 0.443. The molecule has 144 valence electrons. The van der Waals surface area contributed by atoms with Crippen LogP contribution in [0.25, 0.3) is 10.9 Å². The van der Waals surface area contributed by atoms with Crippen LogP contribution in [0.1, 0.15) is 37.4 Å². The van der Waals surface area contributed by atoms with E-state index < -0.39 is 17.9 Å². The molecule has 1 aliphatic carbocycles. The van der Waals surface area contributed by atoms with Gasteiger partial charge in [-0.2, -0.15) is 4.98 Å². The van der Waals surface area contributed by atoms with Crippen molar-refractivity contribution in [1.29, 1.82) is 0 Å². The quantitative estimate of drug-likeness (QED) is 0.634. The van der Waals surface area contributed by atoms with Crippen LogP contribution in [-0.2, 0) is 23.3 Å². The average Bonchev–Trinajstić information content (AvgIpc) is 3.34. The van der Waals surface area contributed by atoms with Crippen LogP contribution >= 0.6 is 0 Å². The number of benzene rings is 1.